The SMILES string of the molecule is Cc1cc(C(=O)NCc2ccc(N(C)C)cc2)n[nH]1. The maximum atomic E-state index is 11.8. The van der Waals surface area contributed by atoms with Crippen LogP contribution in [-0.4, -0.2) is 30.2 Å². The van der Waals surface area contributed by atoms with Gasteiger partial charge in [0.25, 0.3) is 5.91 Å². The van der Waals surface area contributed by atoms with Crippen LogP contribution in [0.5, 0.6) is 0 Å². The van der Waals surface area contributed by atoms with E-state index in [1.165, 1.54) is 0 Å². The number of nitrogens with zero attached hydrogens (tertiary/aromatic N) is 2. The van der Waals surface area contributed by atoms with Crippen molar-refractivity contribution in [3.05, 3.63) is 47.3 Å². The number of hydrogen-bond donors (Lipinski definition) is 2. The summed E-state index contributed by atoms with van der Waals surface area (Å²) >= 11 is 0. The van der Waals surface area contributed by atoms with Gasteiger partial charge in [0.1, 0.15) is 5.69 Å². The van der Waals surface area contributed by atoms with E-state index in [-0.39, 0.29) is 5.91 Å². The Bertz CT molecular complexity index is 557. The number of carbonyl (C=O) groups is 1. The highest BCUT2D eigenvalue weighted by Crippen LogP contribution is 2.12. The van der Waals surface area contributed by atoms with Gasteiger partial charge < -0.3 is 10.2 Å². The summed E-state index contributed by atoms with van der Waals surface area (Å²) in [6.07, 6.45) is 0. The van der Waals surface area contributed by atoms with Gasteiger partial charge in [0.2, 0.25) is 0 Å². The van der Waals surface area contributed by atoms with Crippen molar-refractivity contribution in [2.24, 2.45) is 0 Å². The molecule has 0 saturated carbocycles. The average Bonchev–Trinajstić information content (AvgIpc) is 2.83. The lowest BCUT2D eigenvalue weighted by Crippen LogP contribution is -2.23. The number of amides is 1. The molecule has 2 N–H and O–H groups in total. The Morgan fingerprint density at radius 1 is 1.32 bits per heavy atom. The molecular formula is C14H18N4O. The molecule has 1 aromatic heterocycles. The summed E-state index contributed by atoms with van der Waals surface area (Å²) in [5.41, 5.74) is 3.49. The highest BCUT2D eigenvalue weighted by atomic mass is 16.1. The Morgan fingerprint density at radius 2 is 2.00 bits per heavy atom. The van der Waals surface area contributed by atoms with Crippen molar-refractivity contribution >= 4 is 11.6 Å². The first-order valence-electron chi connectivity index (χ1n) is 6.13. The fourth-order valence-electron chi connectivity index (χ4n) is 1.72. The molecule has 100 valence electrons. The van der Waals surface area contributed by atoms with Crippen LogP contribution in [0.2, 0.25) is 0 Å². The summed E-state index contributed by atoms with van der Waals surface area (Å²) in [5, 5.41) is 9.52. The zero-order valence-corrected chi connectivity index (χ0v) is 11.4. The second-order valence-electron chi connectivity index (χ2n) is 4.68. The maximum absolute atomic E-state index is 11.8. The lowest BCUT2D eigenvalue weighted by molar-refractivity contribution is 0.0946. The molecule has 2 aromatic rings. The van der Waals surface area contributed by atoms with Crippen LogP contribution in [0.15, 0.2) is 30.3 Å². The molecule has 19 heavy (non-hydrogen) atoms. The number of hydrogen-bond acceptors (Lipinski definition) is 3. The predicted molar refractivity (Wildman–Crippen MR) is 75.3 cm³/mol. The monoisotopic (exact) mass is 258 g/mol. The van der Waals surface area contributed by atoms with Crippen LogP contribution in [-0.2, 0) is 6.54 Å². The number of aromatic nitrogens is 2. The van der Waals surface area contributed by atoms with Gasteiger partial charge >= 0.3 is 0 Å². The Balaban J connectivity index is 1.93. The molecule has 1 amide bonds. The first kappa shape index (κ1) is 13.1. The van der Waals surface area contributed by atoms with Gasteiger partial charge in [-0.2, -0.15) is 5.10 Å². The van der Waals surface area contributed by atoms with Crippen molar-refractivity contribution in [1.29, 1.82) is 0 Å². The van der Waals surface area contributed by atoms with Gasteiger partial charge in [-0.1, -0.05) is 12.1 Å². The third kappa shape index (κ3) is 3.34. The van der Waals surface area contributed by atoms with Gasteiger partial charge in [-0.25, -0.2) is 0 Å². The molecule has 0 spiro atoms. The quantitative estimate of drug-likeness (QED) is 0.877. The van der Waals surface area contributed by atoms with E-state index in [2.05, 4.69) is 15.5 Å². The van der Waals surface area contributed by atoms with Crippen molar-refractivity contribution < 1.29 is 4.79 Å². The van der Waals surface area contributed by atoms with Crippen LogP contribution >= 0.6 is 0 Å². The third-order valence-corrected chi connectivity index (χ3v) is 2.84. The molecule has 0 fully saturated rings. The fourth-order valence-corrected chi connectivity index (χ4v) is 1.72. The molecule has 0 aliphatic rings. The molecule has 2 rings (SSSR count). The van der Waals surface area contributed by atoms with E-state index in [1.807, 2.05) is 50.2 Å². The molecule has 0 bridgehead atoms. The van der Waals surface area contributed by atoms with E-state index in [0.717, 1.165) is 16.9 Å². The van der Waals surface area contributed by atoms with Gasteiger partial charge in [-0.3, -0.25) is 9.89 Å². The largest absolute Gasteiger partial charge is 0.378 e. The number of benzene rings is 1. The van der Waals surface area contributed by atoms with E-state index in [4.69, 9.17) is 0 Å². The average molecular weight is 258 g/mol. The smallest absolute Gasteiger partial charge is 0.272 e. The van der Waals surface area contributed by atoms with Crippen LogP contribution in [0.1, 0.15) is 21.7 Å². The third-order valence-electron chi connectivity index (χ3n) is 2.84. The molecule has 1 heterocycles. The fraction of sp³-hybridized carbons (Fsp3) is 0.286. The molecular weight excluding hydrogens is 240 g/mol. The second-order valence-corrected chi connectivity index (χ2v) is 4.68. The lowest BCUT2D eigenvalue weighted by atomic mass is 10.2. The summed E-state index contributed by atoms with van der Waals surface area (Å²) in [4.78, 5) is 13.8. The number of H-pyrrole nitrogens is 1. The molecule has 1 aromatic carbocycles. The lowest BCUT2D eigenvalue weighted by Gasteiger charge is -2.12. The first-order valence-corrected chi connectivity index (χ1v) is 6.13. The summed E-state index contributed by atoms with van der Waals surface area (Å²) in [7, 11) is 3.99. The van der Waals surface area contributed by atoms with Crippen LogP contribution in [0.3, 0.4) is 0 Å². The zero-order chi connectivity index (χ0) is 13.8. The van der Waals surface area contributed by atoms with Gasteiger partial charge in [-0.15, -0.1) is 0 Å². The minimum atomic E-state index is -0.166. The summed E-state index contributed by atoms with van der Waals surface area (Å²) in [6, 6.07) is 9.79. The summed E-state index contributed by atoms with van der Waals surface area (Å²) in [6.45, 7) is 2.36. The van der Waals surface area contributed by atoms with E-state index >= 15 is 0 Å². The number of carbonyl (C=O) groups excluding carboxylic acids is 1. The van der Waals surface area contributed by atoms with Crippen molar-refractivity contribution in [2.75, 3.05) is 19.0 Å². The topological polar surface area (TPSA) is 61.0 Å². The van der Waals surface area contributed by atoms with Crippen molar-refractivity contribution in [3.8, 4) is 0 Å². The molecule has 0 radical (unpaired) electrons. The van der Waals surface area contributed by atoms with E-state index < -0.39 is 0 Å². The minimum Gasteiger partial charge on any atom is -0.378 e. The first-order chi connectivity index (χ1) is 9.06. The molecule has 5 heteroatoms. The van der Waals surface area contributed by atoms with E-state index in [9.17, 15) is 4.79 Å². The summed E-state index contributed by atoms with van der Waals surface area (Å²) < 4.78 is 0. The summed E-state index contributed by atoms with van der Waals surface area (Å²) in [5.74, 6) is -0.166. The number of rotatable bonds is 4. The zero-order valence-electron chi connectivity index (χ0n) is 11.4. The van der Waals surface area contributed by atoms with Gasteiger partial charge in [0, 0.05) is 32.0 Å². The van der Waals surface area contributed by atoms with E-state index in [1.54, 1.807) is 6.07 Å². The molecule has 0 aliphatic heterocycles. The van der Waals surface area contributed by atoms with Crippen LogP contribution in [0, 0.1) is 6.92 Å². The van der Waals surface area contributed by atoms with Crippen molar-refractivity contribution in [1.82, 2.24) is 15.5 Å². The normalized spacial score (nSPS) is 10.3. The second kappa shape index (κ2) is 5.56. The molecule has 0 saturated heterocycles. The highest BCUT2D eigenvalue weighted by Gasteiger charge is 2.08. The highest BCUT2D eigenvalue weighted by molar-refractivity contribution is 5.92. The van der Waals surface area contributed by atoms with Crippen LogP contribution < -0.4 is 10.2 Å². The Labute approximate surface area is 112 Å². The maximum Gasteiger partial charge on any atom is 0.272 e. The molecule has 5 nitrogen and oxygen atoms in total. The number of nitrogens with one attached hydrogen (secondary N) is 2. The Morgan fingerprint density at radius 3 is 2.53 bits per heavy atom. The van der Waals surface area contributed by atoms with E-state index in [0.29, 0.717) is 12.2 Å². The van der Waals surface area contributed by atoms with Crippen molar-refractivity contribution in [2.45, 2.75) is 13.5 Å². The Kier molecular flexibility index (Phi) is 3.85. The van der Waals surface area contributed by atoms with Gasteiger partial charge in [0.05, 0.1) is 0 Å². The number of aryl methyl sites for hydroxylation is 1. The predicted octanol–water partition coefficient (Wildman–Crippen LogP) is 1.71. The minimum absolute atomic E-state index is 0.166. The molecule has 0 aliphatic carbocycles. The number of aromatic amines is 1. The van der Waals surface area contributed by atoms with Crippen molar-refractivity contribution in [3.63, 3.8) is 0 Å². The van der Waals surface area contributed by atoms with Gasteiger partial charge in [-0.05, 0) is 30.7 Å². The van der Waals surface area contributed by atoms with Gasteiger partial charge in [0.15, 0.2) is 0 Å². The van der Waals surface area contributed by atoms with Crippen LogP contribution in [0.4, 0.5) is 5.69 Å². The van der Waals surface area contributed by atoms with Crippen LogP contribution in [0.25, 0.3) is 0 Å². The molecule has 0 atom stereocenters. The molecule has 0 unspecified atom stereocenters. The number of anilines is 1. The standard InChI is InChI=1S/C14H18N4O/c1-10-8-13(17-16-10)14(19)15-9-11-4-6-12(7-5-11)18(2)3/h4-8H,9H2,1-3H3,(H,15,19)(H,16,17). The Hall–Kier alpha value is -2.30.